The summed E-state index contributed by atoms with van der Waals surface area (Å²) in [5.74, 6) is -8.25. The molecule has 5 aliphatic rings. The number of nitrogens with two attached hydrogens (primary N) is 2. The number of piperidine rings is 1. The summed E-state index contributed by atoms with van der Waals surface area (Å²) in [6.45, 7) is 17.5. The van der Waals surface area contributed by atoms with E-state index in [-0.39, 0.29) is 101 Å². The van der Waals surface area contributed by atoms with Gasteiger partial charge in [0.15, 0.2) is 11.4 Å². The van der Waals surface area contributed by atoms with Crippen LogP contribution in [0.15, 0.2) is 96.7 Å². The number of methoxy groups -OCH3 is 2. The number of allylic oxidation sites excluding steroid dienone is 6. The van der Waals surface area contributed by atoms with Gasteiger partial charge in [0.2, 0.25) is 17.6 Å². The number of nitrogens with one attached hydrogen (secondary N) is 3. The van der Waals surface area contributed by atoms with Crippen LogP contribution in [0.3, 0.4) is 0 Å². The van der Waals surface area contributed by atoms with Crippen LogP contribution >= 0.6 is 0 Å². The number of cyclic esters (lactones) is 1. The molecule has 38 heteroatoms. The minimum Gasteiger partial charge on any atom is -0.459 e. The smallest absolute Gasteiger partial charge is 0.407 e. The quantitative estimate of drug-likeness (QED) is 0.00873. The number of ether oxygens (including phenoxy) is 15. The Bertz CT molecular complexity index is 4700. The normalized spacial score (nSPS) is 25.5. The molecule has 0 unspecified atom stereocenters. The largest absolute Gasteiger partial charge is 0.459 e. The van der Waals surface area contributed by atoms with Crippen molar-refractivity contribution >= 4 is 75.0 Å². The number of aliphatic hydroxyl groups excluding tert-OH is 2. The van der Waals surface area contributed by atoms with Crippen LogP contribution in [0.25, 0.3) is 33.3 Å². The average Bonchev–Trinajstić information content (AvgIpc) is 1.62. The molecule has 2 bridgehead atoms. The van der Waals surface area contributed by atoms with Crippen LogP contribution in [0.2, 0.25) is 0 Å². The molecule has 10 rings (SSSR count). The van der Waals surface area contributed by atoms with Crippen molar-refractivity contribution in [3.05, 3.63) is 113 Å². The van der Waals surface area contributed by atoms with Crippen molar-refractivity contribution in [2.75, 3.05) is 178 Å². The molecule has 1 saturated carbocycles. The van der Waals surface area contributed by atoms with Crippen molar-refractivity contribution in [2.45, 2.75) is 211 Å². The van der Waals surface area contributed by atoms with E-state index < -0.39 is 114 Å². The number of pyridine rings is 1. The summed E-state index contributed by atoms with van der Waals surface area (Å²) in [6, 6.07) is 8.08. The van der Waals surface area contributed by atoms with Crippen molar-refractivity contribution in [1.29, 1.82) is 0 Å². The number of aliphatic hydroxyl groups is 3. The highest BCUT2D eigenvalue weighted by Gasteiger charge is 2.50. The number of nitrogens with zero attached hydrogens (tertiary/aromatic N) is 7. The van der Waals surface area contributed by atoms with Crippen LogP contribution < -0.4 is 22.1 Å². The van der Waals surface area contributed by atoms with E-state index >= 15 is 0 Å². The Balaban J connectivity index is 0.504. The predicted octanol–water partition coefficient (Wildman–Crippen LogP) is 6.67. The van der Waals surface area contributed by atoms with Gasteiger partial charge in [-0.1, -0.05) is 75.4 Å². The highest BCUT2D eigenvalue weighted by molar-refractivity contribution is 6.39. The molecule has 3 fully saturated rings. The number of esters is 1. The second kappa shape index (κ2) is 57.2. The zero-order chi connectivity index (χ0) is 96.4. The van der Waals surface area contributed by atoms with Crippen LogP contribution in [0.1, 0.15) is 148 Å². The number of aromatic amines is 1. The summed E-state index contributed by atoms with van der Waals surface area (Å²) >= 11 is 0. The Morgan fingerprint density at radius 3 is 1.99 bits per heavy atom. The van der Waals surface area contributed by atoms with Gasteiger partial charge in [0, 0.05) is 114 Å². The molecule has 5 aromatic rings. The highest BCUT2D eigenvalue weighted by atomic mass is 16.6. The predicted molar refractivity (Wildman–Crippen MR) is 497 cm³/mol. The number of carbonyl (C=O) groups excluding carboxylic acids is 8. The fraction of sp³-hybridized carbons (Fsp3) is 0.649. The number of hydrogen-bond donors (Lipinski definition) is 8. The fourth-order valence-corrected chi connectivity index (χ4v) is 17.3. The molecule has 0 radical (unpaired) electrons. The van der Waals surface area contributed by atoms with Crippen LogP contribution in [0.5, 0.6) is 0 Å². The Morgan fingerprint density at radius 1 is 0.674 bits per heavy atom. The van der Waals surface area contributed by atoms with E-state index in [1.54, 1.807) is 27.2 Å². The first-order chi connectivity index (χ1) is 65.3. The number of fused-ring (bicyclic) bond motifs is 6. The third kappa shape index (κ3) is 34.4. The fourth-order valence-electron chi connectivity index (χ4n) is 17.3. The molecule has 2 saturated heterocycles. The van der Waals surface area contributed by atoms with Gasteiger partial charge in [-0.3, -0.25) is 28.8 Å². The van der Waals surface area contributed by atoms with E-state index in [4.69, 9.17) is 87.6 Å². The van der Waals surface area contributed by atoms with Gasteiger partial charge >= 0.3 is 12.1 Å². The first-order valence-corrected chi connectivity index (χ1v) is 47.5. The lowest BCUT2D eigenvalue weighted by Crippen LogP contribution is -2.58. The molecule has 14 atom stereocenters. The number of nitrogen functional groups attached to an aromatic ring is 1. The van der Waals surface area contributed by atoms with Gasteiger partial charge in [0.1, 0.15) is 59.7 Å². The molecule has 0 spiro atoms. The number of hydrogen-bond acceptors (Lipinski definition) is 32. The Kier molecular flexibility index (Phi) is 45.6. The van der Waals surface area contributed by atoms with Gasteiger partial charge in [-0.15, -0.1) is 0 Å². The molecule has 4 amide bonds. The summed E-state index contributed by atoms with van der Waals surface area (Å²) < 4.78 is 87.6. The zero-order valence-corrected chi connectivity index (χ0v) is 79.3. The third-order valence-corrected chi connectivity index (χ3v) is 24.9. The number of rotatable bonds is 45. The van der Waals surface area contributed by atoms with Gasteiger partial charge < -0.3 is 123 Å². The van der Waals surface area contributed by atoms with Gasteiger partial charge in [0.05, 0.1) is 169 Å². The maximum absolute atomic E-state index is 14.6. The molecular formula is C97H142N12O26. The number of ketones is 3. The minimum atomic E-state index is -2.47. The van der Waals surface area contributed by atoms with Crippen molar-refractivity contribution in [3.63, 3.8) is 0 Å². The monoisotopic (exact) mass is 1890 g/mol. The molecule has 746 valence electrons. The second-order valence-corrected chi connectivity index (χ2v) is 35.1. The number of alkyl carbamates (subject to hydrolysis) is 1. The summed E-state index contributed by atoms with van der Waals surface area (Å²) in [4.78, 5) is 129. The van der Waals surface area contributed by atoms with E-state index in [0.29, 0.717) is 212 Å². The van der Waals surface area contributed by atoms with Crippen LogP contribution in [0, 0.1) is 23.7 Å². The SMILES string of the molecule is CO[C@H]1C[C@@H]2CCC[C@@](O)(O2)C(=O)C(=O)N2CCCC[C@H]2C(=O)O[C@H]([C@H](N)C[C@@H]2CC[C@@H](OC(=O)NCCOCCOCCOCCOCCOCCC(=O)NCCOCCOCCOCCOCCOCCC(=O)N3CCc4cc(Cn5nc(-c6cnc7[nH]ccc7c6)c6c(N)ncnc65)ccc4C3)[C@H](OC)C2)CC(=O)[C@H](C)/C=C(\C)[C@@H](O)[C@@H](O)C(=O)[C@H](C)C[C@H](C)/C=C/C=C/C=C/1C. The van der Waals surface area contributed by atoms with Crippen molar-refractivity contribution < 1.29 is 125 Å². The van der Waals surface area contributed by atoms with Gasteiger partial charge in [0.25, 0.3) is 11.7 Å². The number of anilines is 1. The van der Waals surface area contributed by atoms with E-state index in [2.05, 4.69) is 48.8 Å². The third-order valence-electron chi connectivity index (χ3n) is 24.9. The maximum Gasteiger partial charge on any atom is 0.407 e. The Hall–Kier alpha value is -9.30. The molecule has 135 heavy (non-hydrogen) atoms. The molecule has 8 heterocycles. The van der Waals surface area contributed by atoms with E-state index in [0.717, 1.165) is 44.6 Å². The highest BCUT2D eigenvalue weighted by Crippen LogP contribution is 2.37. The van der Waals surface area contributed by atoms with E-state index in [1.165, 1.54) is 32.0 Å². The van der Waals surface area contributed by atoms with Crippen molar-refractivity contribution in [1.82, 2.24) is 50.1 Å². The lowest BCUT2D eigenvalue weighted by atomic mass is 9.80. The van der Waals surface area contributed by atoms with Crippen LogP contribution in [-0.4, -0.2) is 335 Å². The second-order valence-electron chi connectivity index (χ2n) is 35.1. The minimum absolute atomic E-state index is 0.000175. The number of amides is 4. The summed E-state index contributed by atoms with van der Waals surface area (Å²) in [7, 11) is 3.05. The number of carbonyl (C=O) groups is 8. The molecule has 1 aliphatic carbocycles. The topological polar surface area (TPSA) is 491 Å². The first kappa shape index (κ1) is 108. The maximum atomic E-state index is 14.6. The Morgan fingerprint density at radius 2 is 1.33 bits per heavy atom. The molecule has 4 aromatic heterocycles. The zero-order valence-electron chi connectivity index (χ0n) is 79.3. The molecule has 1 aromatic carbocycles. The van der Waals surface area contributed by atoms with Crippen LogP contribution in [-0.2, 0) is 124 Å². The number of Topliss-reactive ketones (excluding diaryl/α,β-unsaturated/α-hetero) is 3. The molecule has 10 N–H and O–H groups in total. The van der Waals surface area contributed by atoms with E-state index in [1.807, 2.05) is 72.1 Å². The number of aromatic nitrogens is 6. The van der Waals surface area contributed by atoms with Crippen LogP contribution in [0.4, 0.5) is 10.6 Å². The number of H-pyrrole nitrogens is 1. The van der Waals surface area contributed by atoms with Gasteiger partial charge in [-0.05, 0) is 136 Å². The molecular weight excluding hydrogens is 1750 g/mol. The van der Waals surface area contributed by atoms with Crippen molar-refractivity contribution in [2.24, 2.45) is 29.4 Å². The molecule has 38 nitrogen and oxygen atoms in total. The molecule has 4 aliphatic heterocycles. The standard InChI is InChI=1S/C97H142N12O26/c1-64-14-9-8-10-15-65(2)80(121-6)58-75-16-13-26-97(120,135-75)90(116)94(117)108-30-12-11-17-77(108)95(118)133-81(59-78(110)66(3)53-68(5)88(114)89(115)87(113)67(4)52-64)76(98)55-69-19-21-79(82(56-69)122-7)134-96(119)102-29-35-126-39-43-130-47-51-131-48-44-127-40-36-123-32-24-83(111)100-28-34-125-38-42-129-46-50-132-49-45-128-41-37-124-33-25-84(112)107-31-23-71-54-70(18-20-73(71)62-107)61-109-93-85(91(99)104-63-105-93)86(106-109)74-57-72-22-27-101-92(72)103-60-74/h8-10,14-15,18,20,22,27,53-54,57,60,63-64,66-67,69,75-77,79-82,88-89,114-115,120H,11-13,16-17,19,21,23-26,28-52,55-56,58-59,61-62,98H2,1-7H3,(H,100,111)(H,101,103)(H,102,119)(H2,99,104,105)/b10-8+,14-9+,65-15+,68-53+/t64-,66-,67-,69+,75+,76-,77+,79-,80+,81+,82-,88-,89+,97-/m1/s1. The first-order valence-electron chi connectivity index (χ1n) is 47.5. The van der Waals surface area contributed by atoms with Gasteiger partial charge in [-0.2, -0.15) is 5.10 Å². The lowest BCUT2D eigenvalue weighted by molar-refractivity contribution is -0.245. The number of benzene rings is 1. The van der Waals surface area contributed by atoms with E-state index in [9.17, 15) is 53.7 Å². The average molecular weight is 1890 g/mol. The van der Waals surface area contributed by atoms with Gasteiger partial charge in [-0.25, -0.2) is 29.2 Å². The van der Waals surface area contributed by atoms with Crippen molar-refractivity contribution in [3.8, 4) is 11.3 Å². The summed E-state index contributed by atoms with van der Waals surface area (Å²) in [5.41, 5.74) is 20.7. The lowest BCUT2D eigenvalue weighted by Gasteiger charge is -2.40. The Labute approximate surface area is 789 Å². The summed E-state index contributed by atoms with van der Waals surface area (Å²) in [5, 5.41) is 46.4. The summed E-state index contributed by atoms with van der Waals surface area (Å²) in [6.07, 6.45) is 12.9.